The van der Waals surface area contributed by atoms with E-state index in [1.165, 1.54) is 7.11 Å². The van der Waals surface area contributed by atoms with Gasteiger partial charge in [0, 0.05) is 7.11 Å². The molecule has 6 nitrogen and oxygen atoms in total. The largest absolute Gasteiger partial charge is 0.486 e. The van der Waals surface area contributed by atoms with Gasteiger partial charge in [0.2, 0.25) is 0 Å². The Labute approximate surface area is 111 Å². The van der Waals surface area contributed by atoms with E-state index in [1.807, 2.05) is 0 Å². The summed E-state index contributed by atoms with van der Waals surface area (Å²) in [6.45, 7) is 0.945. The van der Waals surface area contributed by atoms with Crippen molar-refractivity contribution in [1.29, 1.82) is 0 Å². The van der Waals surface area contributed by atoms with Crippen LogP contribution in [-0.2, 0) is 4.74 Å². The second-order valence-corrected chi connectivity index (χ2v) is 4.14. The summed E-state index contributed by atoms with van der Waals surface area (Å²) in [5.41, 5.74) is 0.395. The van der Waals surface area contributed by atoms with Gasteiger partial charge in [-0.2, -0.15) is 0 Å². The topological polar surface area (TPSA) is 77.0 Å². The fraction of sp³-hybridized carbons (Fsp3) is 0.462. The molecule has 0 aliphatic carbocycles. The van der Waals surface area contributed by atoms with Crippen molar-refractivity contribution in [2.45, 2.75) is 6.04 Å². The number of hydrogen-bond donors (Lipinski definition) is 2. The standard InChI is InChI=1S/C13H17NO5/c1-17-8-9(7-15)14-13(16)10-3-2-4-11-12(10)19-6-5-18-11/h2-4,9,15H,5-8H2,1H3,(H,14,16). The monoisotopic (exact) mass is 267 g/mol. The lowest BCUT2D eigenvalue weighted by Gasteiger charge is -2.21. The number of carbonyl (C=O) groups is 1. The molecule has 1 aliphatic heterocycles. The van der Waals surface area contributed by atoms with Crippen molar-refractivity contribution >= 4 is 5.91 Å². The Morgan fingerprint density at radius 1 is 1.47 bits per heavy atom. The average molecular weight is 267 g/mol. The summed E-state index contributed by atoms with van der Waals surface area (Å²) in [6.07, 6.45) is 0. The Balaban J connectivity index is 2.15. The highest BCUT2D eigenvalue weighted by atomic mass is 16.6. The number of benzene rings is 1. The summed E-state index contributed by atoms with van der Waals surface area (Å²) < 4.78 is 15.8. The summed E-state index contributed by atoms with van der Waals surface area (Å²) in [7, 11) is 1.51. The van der Waals surface area contributed by atoms with Crippen molar-refractivity contribution in [3.8, 4) is 11.5 Å². The molecule has 0 saturated heterocycles. The van der Waals surface area contributed by atoms with Crippen LogP contribution < -0.4 is 14.8 Å². The molecule has 19 heavy (non-hydrogen) atoms. The van der Waals surface area contributed by atoms with Gasteiger partial charge >= 0.3 is 0 Å². The van der Waals surface area contributed by atoms with Crippen LogP contribution in [0.25, 0.3) is 0 Å². The first-order chi connectivity index (χ1) is 9.26. The lowest BCUT2D eigenvalue weighted by Crippen LogP contribution is -2.40. The molecule has 1 amide bonds. The minimum absolute atomic E-state index is 0.189. The normalized spacial score (nSPS) is 14.8. The molecule has 1 atom stereocenters. The van der Waals surface area contributed by atoms with Gasteiger partial charge < -0.3 is 24.6 Å². The van der Waals surface area contributed by atoms with Gasteiger partial charge in [-0.25, -0.2) is 0 Å². The maximum absolute atomic E-state index is 12.1. The highest BCUT2D eigenvalue weighted by molar-refractivity contribution is 5.98. The van der Waals surface area contributed by atoms with Crippen LogP contribution in [0.5, 0.6) is 11.5 Å². The minimum Gasteiger partial charge on any atom is -0.486 e. The molecule has 1 aliphatic rings. The molecule has 0 spiro atoms. The van der Waals surface area contributed by atoms with Crippen LogP contribution in [0.15, 0.2) is 18.2 Å². The van der Waals surface area contributed by atoms with E-state index in [0.29, 0.717) is 30.3 Å². The number of fused-ring (bicyclic) bond motifs is 1. The number of methoxy groups -OCH3 is 1. The molecule has 2 N–H and O–H groups in total. The maximum atomic E-state index is 12.1. The van der Waals surface area contributed by atoms with Gasteiger partial charge in [-0.1, -0.05) is 6.07 Å². The molecule has 1 unspecified atom stereocenters. The van der Waals surface area contributed by atoms with Crippen molar-refractivity contribution in [2.24, 2.45) is 0 Å². The molecular weight excluding hydrogens is 250 g/mol. The first kappa shape index (κ1) is 13.6. The lowest BCUT2D eigenvalue weighted by molar-refractivity contribution is 0.0830. The van der Waals surface area contributed by atoms with E-state index in [2.05, 4.69) is 5.32 Å². The van der Waals surface area contributed by atoms with Crippen LogP contribution in [-0.4, -0.2) is 50.6 Å². The Morgan fingerprint density at radius 3 is 3.00 bits per heavy atom. The molecular formula is C13H17NO5. The van der Waals surface area contributed by atoms with Gasteiger partial charge in [0.25, 0.3) is 5.91 Å². The molecule has 1 heterocycles. The summed E-state index contributed by atoms with van der Waals surface area (Å²) in [5.74, 6) is 0.685. The van der Waals surface area contributed by atoms with Gasteiger partial charge in [-0.15, -0.1) is 0 Å². The third-order valence-corrected chi connectivity index (χ3v) is 2.73. The lowest BCUT2D eigenvalue weighted by atomic mass is 10.1. The number of rotatable bonds is 5. The van der Waals surface area contributed by atoms with E-state index in [0.717, 1.165) is 0 Å². The van der Waals surface area contributed by atoms with Crippen molar-refractivity contribution in [2.75, 3.05) is 33.5 Å². The smallest absolute Gasteiger partial charge is 0.255 e. The molecule has 1 aromatic carbocycles. The summed E-state index contributed by atoms with van der Waals surface area (Å²) in [4.78, 5) is 12.1. The number of aliphatic hydroxyl groups excluding tert-OH is 1. The summed E-state index contributed by atoms with van der Waals surface area (Å²) in [5, 5.41) is 11.8. The average Bonchev–Trinajstić information content (AvgIpc) is 2.46. The predicted octanol–water partition coefficient (Wildman–Crippen LogP) is 0.195. The number of nitrogens with one attached hydrogen (secondary N) is 1. The minimum atomic E-state index is -0.446. The number of carbonyl (C=O) groups excluding carboxylic acids is 1. The van der Waals surface area contributed by atoms with Crippen LogP contribution >= 0.6 is 0 Å². The maximum Gasteiger partial charge on any atom is 0.255 e. The number of para-hydroxylation sites is 1. The van der Waals surface area contributed by atoms with Crippen molar-refractivity contribution < 1.29 is 24.1 Å². The molecule has 6 heteroatoms. The zero-order valence-corrected chi connectivity index (χ0v) is 10.7. The number of hydrogen-bond acceptors (Lipinski definition) is 5. The molecule has 1 aromatic rings. The zero-order valence-electron chi connectivity index (χ0n) is 10.7. The van der Waals surface area contributed by atoms with Crippen LogP contribution in [0.1, 0.15) is 10.4 Å². The van der Waals surface area contributed by atoms with Gasteiger partial charge in [0.15, 0.2) is 11.5 Å². The molecule has 2 rings (SSSR count). The predicted molar refractivity (Wildman–Crippen MR) is 67.6 cm³/mol. The zero-order chi connectivity index (χ0) is 13.7. The SMILES string of the molecule is COCC(CO)NC(=O)c1cccc2c1OCCO2. The van der Waals surface area contributed by atoms with Crippen LogP contribution in [0, 0.1) is 0 Å². The Morgan fingerprint density at radius 2 is 2.26 bits per heavy atom. The van der Waals surface area contributed by atoms with Crippen LogP contribution in [0.3, 0.4) is 0 Å². The molecule has 0 fully saturated rings. The van der Waals surface area contributed by atoms with Gasteiger partial charge in [-0.3, -0.25) is 4.79 Å². The van der Waals surface area contributed by atoms with Crippen LogP contribution in [0.2, 0.25) is 0 Å². The van der Waals surface area contributed by atoms with Gasteiger partial charge in [-0.05, 0) is 12.1 Å². The second kappa shape index (κ2) is 6.40. The van der Waals surface area contributed by atoms with E-state index in [9.17, 15) is 4.79 Å². The highest BCUT2D eigenvalue weighted by Crippen LogP contribution is 2.33. The highest BCUT2D eigenvalue weighted by Gasteiger charge is 2.21. The Hall–Kier alpha value is -1.79. The van der Waals surface area contributed by atoms with Gasteiger partial charge in [0.1, 0.15) is 13.2 Å². The Kier molecular flexibility index (Phi) is 4.59. The third kappa shape index (κ3) is 3.15. The fourth-order valence-electron chi connectivity index (χ4n) is 1.86. The quantitative estimate of drug-likeness (QED) is 0.796. The van der Waals surface area contributed by atoms with Crippen LogP contribution in [0.4, 0.5) is 0 Å². The van der Waals surface area contributed by atoms with Gasteiger partial charge in [0.05, 0.1) is 24.8 Å². The van der Waals surface area contributed by atoms with E-state index in [4.69, 9.17) is 19.3 Å². The summed E-state index contributed by atoms with van der Waals surface area (Å²) in [6, 6.07) is 4.69. The van der Waals surface area contributed by atoms with E-state index < -0.39 is 6.04 Å². The molecule has 0 aromatic heterocycles. The number of aliphatic hydroxyl groups is 1. The molecule has 0 radical (unpaired) electrons. The van der Waals surface area contributed by atoms with E-state index in [-0.39, 0.29) is 19.1 Å². The van der Waals surface area contributed by atoms with E-state index in [1.54, 1.807) is 18.2 Å². The molecule has 104 valence electrons. The Bertz CT molecular complexity index is 449. The van der Waals surface area contributed by atoms with E-state index >= 15 is 0 Å². The third-order valence-electron chi connectivity index (χ3n) is 2.73. The first-order valence-electron chi connectivity index (χ1n) is 6.05. The first-order valence-corrected chi connectivity index (χ1v) is 6.05. The van der Waals surface area contributed by atoms with Crippen molar-refractivity contribution in [3.63, 3.8) is 0 Å². The number of amides is 1. The molecule has 0 saturated carbocycles. The molecule has 0 bridgehead atoms. The summed E-state index contributed by atoms with van der Waals surface area (Å²) >= 11 is 0. The second-order valence-electron chi connectivity index (χ2n) is 4.14. The van der Waals surface area contributed by atoms with Crippen molar-refractivity contribution in [1.82, 2.24) is 5.32 Å². The number of ether oxygens (including phenoxy) is 3. The van der Waals surface area contributed by atoms with Crippen molar-refractivity contribution in [3.05, 3.63) is 23.8 Å². The fourth-order valence-corrected chi connectivity index (χ4v) is 1.86.